The van der Waals surface area contributed by atoms with Crippen LogP contribution < -0.4 is 5.32 Å². The SMILES string of the molecule is Cc1ccc(-c2nc(CC(=O)NC(CC3CC3)C(=O)O)cs2)o1. The second-order valence-corrected chi connectivity index (χ2v) is 6.73. The topological polar surface area (TPSA) is 92.4 Å². The Labute approximate surface area is 137 Å². The molecule has 1 amide bonds. The van der Waals surface area contributed by atoms with Gasteiger partial charge >= 0.3 is 5.97 Å². The van der Waals surface area contributed by atoms with Gasteiger partial charge < -0.3 is 14.8 Å². The summed E-state index contributed by atoms with van der Waals surface area (Å²) in [5.41, 5.74) is 0.618. The van der Waals surface area contributed by atoms with Crippen LogP contribution in [0.3, 0.4) is 0 Å². The van der Waals surface area contributed by atoms with E-state index < -0.39 is 12.0 Å². The van der Waals surface area contributed by atoms with Crippen molar-refractivity contribution in [1.82, 2.24) is 10.3 Å². The van der Waals surface area contributed by atoms with Gasteiger partial charge in [-0.1, -0.05) is 12.8 Å². The minimum Gasteiger partial charge on any atom is -0.480 e. The number of amides is 1. The third-order valence-electron chi connectivity index (χ3n) is 3.74. The first kappa shape index (κ1) is 15.7. The molecule has 1 unspecified atom stereocenters. The predicted octanol–water partition coefficient (Wildman–Crippen LogP) is 2.62. The first-order chi connectivity index (χ1) is 11.0. The Morgan fingerprint density at radius 3 is 2.87 bits per heavy atom. The van der Waals surface area contributed by atoms with Crippen molar-refractivity contribution in [3.63, 3.8) is 0 Å². The number of furan rings is 1. The number of thiazole rings is 1. The first-order valence-corrected chi connectivity index (χ1v) is 8.42. The maximum absolute atomic E-state index is 12.0. The number of nitrogens with one attached hydrogen (secondary N) is 1. The molecule has 2 N–H and O–H groups in total. The summed E-state index contributed by atoms with van der Waals surface area (Å²) in [6, 6.07) is 2.90. The van der Waals surface area contributed by atoms with E-state index in [1.807, 2.05) is 19.1 Å². The molecule has 122 valence electrons. The van der Waals surface area contributed by atoms with Gasteiger partial charge in [0.1, 0.15) is 11.8 Å². The monoisotopic (exact) mass is 334 g/mol. The molecule has 2 aromatic rings. The number of carboxylic acids is 1. The summed E-state index contributed by atoms with van der Waals surface area (Å²) in [4.78, 5) is 27.6. The fourth-order valence-corrected chi connectivity index (χ4v) is 3.15. The molecule has 1 aliphatic carbocycles. The average molecular weight is 334 g/mol. The van der Waals surface area contributed by atoms with E-state index in [2.05, 4.69) is 10.3 Å². The van der Waals surface area contributed by atoms with Gasteiger partial charge in [-0.2, -0.15) is 0 Å². The zero-order valence-corrected chi connectivity index (χ0v) is 13.6. The van der Waals surface area contributed by atoms with Crippen LogP contribution in [-0.2, 0) is 16.0 Å². The van der Waals surface area contributed by atoms with Crippen LogP contribution in [0.5, 0.6) is 0 Å². The van der Waals surface area contributed by atoms with Crippen LogP contribution >= 0.6 is 11.3 Å². The Bertz CT molecular complexity index is 717. The number of carbonyl (C=O) groups excluding carboxylic acids is 1. The fraction of sp³-hybridized carbons (Fsp3) is 0.438. The van der Waals surface area contributed by atoms with Crippen molar-refractivity contribution >= 4 is 23.2 Å². The van der Waals surface area contributed by atoms with Gasteiger partial charge in [0.05, 0.1) is 12.1 Å². The molecule has 23 heavy (non-hydrogen) atoms. The van der Waals surface area contributed by atoms with Crippen LogP contribution in [0.15, 0.2) is 21.9 Å². The second kappa shape index (κ2) is 6.54. The molecule has 2 heterocycles. The number of rotatable bonds is 7. The number of aliphatic carboxylic acids is 1. The van der Waals surface area contributed by atoms with Crippen molar-refractivity contribution in [2.75, 3.05) is 0 Å². The maximum Gasteiger partial charge on any atom is 0.326 e. The van der Waals surface area contributed by atoms with Gasteiger partial charge in [-0.05, 0) is 31.4 Å². The molecule has 0 aromatic carbocycles. The van der Waals surface area contributed by atoms with Crippen LogP contribution in [-0.4, -0.2) is 28.0 Å². The molecule has 1 aliphatic rings. The lowest BCUT2D eigenvalue weighted by atomic mass is 10.1. The van der Waals surface area contributed by atoms with Crippen molar-refractivity contribution < 1.29 is 19.1 Å². The molecule has 7 heteroatoms. The van der Waals surface area contributed by atoms with Crippen molar-refractivity contribution in [1.29, 1.82) is 0 Å². The minimum absolute atomic E-state index is 0.0740. The lowest BCUT2D eigenvalue weighted by Crippen LogP contribution is -2.41. The molecule has 6 nitrogen and oxygen atoms in total. The number of aryl methyl sites for hydroxylation is 1. The standard InChI is InChI=1S/C16H18N2O4S/c1-9-2-5-13(22-9)15-17-11(8-23-15)7-14(19)18-12(16(20)21)6-10-3-4-10/h2,5,8,10,12H,3-4,6-7H2,1H3,(H,18,19)(H,20,21). The Morgan fingerprint density at radius 1 is 1.48 bits per heavy atom. The quantitative estimate of drug-likeness (QED) is 0.812. The molecule has 0 aliphatic heterocycles. The van der Waals surface area contributed by atoms with Crippen LogP contribution in [0.4, 0.5) is 0 Å². The molecular weight excluding hydrogens is 316 g/mol. The highest BCUT2D eigenvalue weighted by Gasteiger charge is 2.30. The molecule has 0 radical (unpaired) electrons. The molecule has 0 saturated heterocycles. The van der Waals surface area contributed by atoms with E-state index >= 15 is 0 Å². The van der Waals surface area contributed by atoms with E-state index in [1.165, 1.54) is 11.3 Å². The summed E-state index contributed by atoms with van der Waals surface area (Å²) < 4.78 is 5.50. The lowest BCUT2D eigenvalue weighted by Gasteiger charge is -2.13. The third-order valence-corrected chi connectivity index (χ3v) is 4.65. The highest BCUT2D eigenvalue weighted by molar-refractivity contribution is 7.13. The first-order valence-electron chi connectivity index (χ1n) is 7.54. The second-order valence-electron chi connectivity index (χ2n) is 5.87. The van der Waals surface area contributed by atoms with Crippen molar-refractivity contribution in [2.45, 2.75) is 38.6 Å². The van der Waals surface area contributed by atoms with Gasteiger partial charge in [0, 0.05) is 5.38 Å². The van der Waals surface area contributed by atoms with E-state index in [0.717, 1.165) is 18.6 Å². The van der Waals surface area contributed by atoms with Gasteiger partial charge in [0.25, 0.3) is 0 Å². The molecule has 2 aromatic heterocycles. The number of carboxylic acid groups (broad SMARTS) is 1. The van der Waals surface area contributed by atoms with Gasteiger partial charge in [0.15, 0.2) is 10.8 Å². The van der Waals surface area contributed by atoms with Crippen LogP contribution in [0.25, 0.3) is 10.8 Å². The van der Waals surface area contributed by atoms with Gasteiger partial charge in [0.2, 0.25) is 5.91 Å². The number of nitrogens with zero attached hydrogens (tertiary/aromatic N) is 1. The summed E-state index contributed by atoms with van der Waals surface area (Å²) in [6.07, 6.45) is 2.69. The summed E-state index contributed by atoms with van der Waals surface area (Å²) in [5.74, 6) is 0.625. The Balaban J connectivity index is 1.59. The van der Waals surface area contributed by atoms with Crippen LogP contribution in [0.1, 0.15) is 30.7 Å². The van der Waals surface area contributed by atoms with Crippen molar-refractivity contribution in [3.8, 4) is 10.8 Å². The summed E-state index contributed by atoms with van der Waals surface area (Å²) >= 11 is 1.40. The summed E-state index contributed by atoms with van der Waals surface area (Å²) in [5, 5.41) is 14.3. The predicted molar refractivity (Wildman–Crippen MR) is 85.2 cm³/mol. The Morgan fingerprint density at radius 2 is 2.26 bits per heavy atom. The lowest BCUT2D eigenvalue weighted by molar-refractivity contribution is -0.142. The zero-order chi connectivity index (χ0) is 16.4. The average Bonchev–Trinajstić information content (AvgIpc) is 3.00. The van der Waals surface area contributed by atoms with E-state index in [-0.39, 0.29) is 12.3 Å². The molecule has 1 saturated carbocycles. The van der Waals surface area contributed by atoms with E-state index in [1.54, 1.807) is 5.38 Å². The molecule has 1 fully saturated rings. The van der Waals surface area contributed by atoms with E-state index in [9.17, 15) is 14.7 Å². The van der Waals surface area contributed by atoms with Gasteiger partial charge in [-0.3, -0.25) is 4.79 Å². The highest BCUT2D eigenvalue weighted by Crippen LogP contribution is 2.33. The van der Waals surface area contributed by atoms with Gasteiger partial charge in [-0.15, -0.1) is 11.3 Å². The summed E-state index contributed by atoms with van der Waals surface area (Å²) in [7, 11) is 0. The molecular formula is C16H18N2O4S. The molecule has 0 spiro atoms. The Kier molecular flexibility index (Phi) is 4.47. The smallest absolute Gasteiger partial charge is 0.326 e. The minimum atomic E-state index is -0.977. The van der Waals surface area contributed by atoms with Crippen LogP contribution in [0, 0.1) is 12.8 Å². The summed E-state index contributed by atoms with van der Waals surface area (Å²) in [6.45, 7) is 1.86. The molecule has 1 atom stereocenters. The largest absolute Gasteiger partial charge is 0.480 e. The van der Waals surface area contributed by atoms with Crippen molar-refractivity contribution in [2.24, 2.45) is 5.92 Å². The maximum atomic E-state index is 12.0. The molecule has 0 bridgehead atoms. The van der Waals surface area contributed by atoms with E-state index in [0.29, 0.717) is 28.8 Å². The number of hydrogen-bond donors (Lipinski definition) is 2. The fourth-order valence-electron chi connectivity index (χ4n) is 2.37. The number of aromatic nitrogens is 1. The Hall–Kier alpha value is -2.15. The van der Waals surface area contributed by atoms with E-state index in [4.69, 9.17) is 4.42 Å². The van der Waals surface area contributed by atoms with Crippen molar-refractivity contribution in [3.05, 3.63) is 29.0 Å². The number of hydrogen-bond acceptors (Lipinski definition) is 5. The third kappa shape index (κ3) is 4.19. The van der Waals surface area contributed by atoms with Gasteiger partial charge in [-0.25, -0.2) is 9.78 Å². The zero-order valence-electron chi connectivity index (χ0n) is 12.7. The normalized spacial score (nSPS) is 15.3. The highest BCUT2D eigenvalue weighted by atomic mass is 32.1. The number of carbonyl (C=O) groups is 2. The molecule has 3 rings (SSSR count). The van der Waals surface area contributed by atoms with Crippen LogP contribution in [0.2, 0.25) is 0 Å².